The van der Waals surface area contributed by atoms with Crippen LogP contribution in [0.3, 0.4) is 0 Å². The van der Waals surface area contributed by atoms with Gasteiger partial charge in [0.15, 0.2) is 0 Å². The molecule has 4 nitrogen and oxygen atoms in total. The molecule has 0 spiro atoms. The average Bonchev–Trinajstić information content (AvgIpc) is 2.92. The van der Waals surface area contributed by atoms with E-state index >= 15 is 0 Å². The standard InChI is InChI=1S/C14H14N2O2S/c1-17-10-3-6-14(18-2)13(7-10)16-9-12-5-4-11(8-15)19-12/h3-7,16H,9H2,1-2H3. The van der Waals surface area contributed by atoms with Gasteiger partial charge >= 0.3 is 0 Å². The number of thiophene rings is 1. The number of hydrogen-bond acceptors (Lipinski definition) is 5. The first-order valence-corrected chi connectivity index (χ1v) is 6.53. The largest absolute Gasteiger partial charge is 0.497 e. The van der Waals surface area contributed by atoms with Gasteiger partial charge in [-0.2, -0.15) is 5.26 Å². The molecule has 1 aromatic carbocycles. The molecule has 0 atom stereocenters. The predicted octanol–water partition coefficient (Wildman–Crippen LogP) is 3.25. The Kier molecular flexibility index (Phi) is 4.26. The number of ether oxygens (including phenoxy) is 2. The molecule has 0 bridgehead atoms. The molecule has 1 heterocycles. The second-order valence-corrected chi connectivity index (χ2v) is 4.97. The predicted molar refractivity (Wildman–Crippen MR) is 75.9 cm³/mol. The summed E-state index contributed by atoms with van der Waals surface area (Å²) in [5.74, 6) is 1.53. The van der Waals surface area contributed by atoms with E-state index in [1.54, 1.807) is 14.2 Å². The third kappa shape index (κ3) is 3.18. The Balaban J connectivity index is 2.11. The molecule has 98 valence electrons. The number of nitrogens with one attached hydrogen (secondary N) is 1. The highest BCUT2D eigenvalue weighted by Crippen LogP contribution is 2.29. The van der Waals surface area contributed by atoms with Crippen molar-refractivity contribution in [2.45, 2.75) is 6.54 Å². The Morgan fingerprint density at radius 3 is 2.68 bits per heavy atom. The van der Waals surface area contributed by atoms with E-state index in [1.807, 2.05) is 30.3 Å². The van der Waals surface area contributed by atoms with E-state index in [2.05, 4.69) is 11.4 Å². The molecule has 1 aromatic heterocycles. The number of nitriles is 1. The Bertz CT molecular complexity index is 602. The van der Waals surface area contributed by atoms with Crippen molar-refractivity contribution in [1.29, 1.82) is 5.26 Å². The summed E-state index contributed by atoms with van der Waals surface area (Å²) in [5, 5.41) is 12.1. The number of benzene rings is 1. The van der Waals surface area contributed by atoms with Gasteiger partial charge in [0, 0.05) is 17.5 Å². The molecule has 0 amide bonds. The monoisotopic (exact) mass is 274 g/mol. The smallest absolute Gasteiger partial charge is 0.142 e. The highest BCUT2D eigenvalue weighted by Gasteiger charge is 2.05. The van der Waals surface area contributed by atoms with Gasteiger partial charge < -0.3 is 14.8 Å². The average molecular weight is 274 g/mol. The first-order chi connectivity index (χ1) is 9.26. The van der Waals surface area contributed by atoms with Crippen LogP contribution in [0.1, 0.15) is 9.75 Å². The molecule has 2 aromatic rings. The number of rotatable bonds is 5. The minimum atomic E-state index is 0.649. The van der Waals surface area contributed by atoms with E-state index in [4.69, 9.17) is 14.7 Å². The molecule has 1 N–H and O–H groups in total. The highest BCUT2D eigenvalue weighted by atomic mass is 32.1. The number of anilines is 1. The quantitative estimate of drug-likeness (QED) is 0.909. The van der Waals surface area contributed by atoms with Crippen LogP contribution in [0.2, 0.25) is 0 Å². The molecule has 0 fully saturated rings. The van der Waals surface area contributed by atoms with Crippen LogP contribution in [0.5, 0.6) is 11.5 Å². The molecule has 0 aliphatic heterocycles. The van der Waals surface area contributed by atoms with Crippen LogP contribution in [0, 0.1) is 11.3 Å². The van der Waals surface area contributed by atoms with Crippen molar-refractivity contribution in [3.8, 4) is 17.6 Å². The molecule has 0 saturated carbocycles. The summed E-state index contributed by atoms with van der Waals surface area (Å²) in [7, 11) is 3.26. The lowest BCUT2D eigenvalue weighted by atomic mass is 10.2. The van der Waals surface area contributed by atoms with Crippen LogP contribution in [0.15, 0.2) is 30.3 Å². The molecule has 2 rings (SSSR count). The van der Waals surface area contributed by atoms with Gasteiger partial charge in [-0.3, -0.25) is 0 Å². The zero-order chi connectivity index (χ0) is 13.7. The zero-order valence-corrected chi connectivity index (χ0v) is 11.6. The summed E-state index contributed by atoms with van der Waals surface area (Å²) in [6, 6.07) is 11.5. The fraction of sp³-hybridized carbons (Fsp3) is 0.214. The topological polar surface area (TPSA) is 54.3 Å². The van der Waals surface area contributed by atoms with Crippen molar-refractivity contribution in [2.24, 2.45) is 0 Å². The van der Waals surface area contributed by atoms with E-state index < -0.39 is 0 Å². The molecule has 0 aliphatic rings. The number of hydrogen-bond donors (Lipinski definition) is 1. The fourth-order valence-electron chi connectivity index (χ4n) is 1.67. The number of methoxy groups -OCH3 is 2. The molecule has 0 saturated heterocycles. The third-order valence-corrected chi connectivity index (χ3v) is 3.62. The van der Waals surface area contributed by atoms with E-state index in [0.29, 0.717) is 6.54 Å². The van der Waals surface area contributed by atoms with Gasteiger partial charge in [-0.05, 0) is 24.3 Å². The second-order valence-electron chi connectivity index (χ2n) is 3.80. The minimum Gasteiger partial charge on any atom is -0.497 e. The van der Waals surface area contributed by atoms with Crippen molar-refractivity contribution in [3.05, 3.63) is 40.1 Å². The summed E-state index contributed by atoms with van der Waals surface area (Å²) < 4.78 is 10.5. The lowest BCUT2D eigenvalue weighted by molar-refractivity contribution is 0.404. The van der Waals surface area contributed by atoms with Gasteiger partial charge in [-0.25, -0.2) is 0 Å². The lowest BCUT2D eigenvalue weighted by Gasteiger charge is -2.11. The summed E-state index contributed by atoms with van der Waals surface area (Å²) in [4.78, 5) is 1.82. The third-order valence-electron chi connectivity index (χ3n) is 2.63. The van der Waals surface area contributed by atoms with Crippen molar-refractivity contribution >= 4 is 17.0 Å². The van der Waals surface area contributed by atoms with E-state index in [0.717, 1.165) is 26.9 Å². The van der Waals surface area contributed by atoms with E-state index in [1.165, 1.54) is 11.3 Å². The van der Waals surface area contributed by atoms with Crippen molar-refractivity contribution in [3.63, 3.8) is 0 Å². The molecular weight excluding hydrogens is 260 g/mol. The van der Waals surface area contributed by atoms with Gasteiger partial charge in [-0.1, -0.05) is 0 Å². The van der Waals surface area contributed by atoms with Crippen molar-refractivity contribution < 1.29 is 9.47 Å². The van der Waals surface area contributed by atoms with Crippen LogP contribution in [0.25, 0.3) is 0 Å². The van der Waals surface area contributed by atoms with Gasteiger partial charge in [0.25, 0.3) is 0 Å². The SMILES string of the molecule is COc1ccc(OC)c(NCc2ccc(C#N)s2)c1. The van der Waals surface area contributed by atoms with Crippen LogP contribution >= 0.6 is 11.3 Å². The first-order valence-electron chi connectivity index (χ1n) is 5.71. The number of nitrogens with zero attached hydrogens (tertiary/aromatic N) is 1. The maximum absolute atomic E-state index is 8.79. The summed E-state index contributed by atoms with van der Waals surface area (Å²) in [6.07, 6.45) is 0. The van der Waals surface area contributed by atoms with E-state index in [-0.39, 0.29) is 0 Å². The van der Waals surface area contributed by atoms with Gasteiger partial charge in [0.05, 0.1) is 19.9 Å². The van der Waals surface area contributed by atoms with Crippen LogP contribution in [-0.4, -0.2) is 14.2 Å². The van der Waals surface area contributed by atoms with Gasteiger partial charge in [0.2, 0.25) is 0 Å². The Morgan fingerprint density at radius 2 is 2.05 bits per heavy atom. The Hall–Kier alpha value is -2.19. The zero-order valence-electron chi connectivity index (χ0n) is 10.8. The van der Waals surface area contributed by atoms with Gasteiger partial charge in [0.1, 0.15) is 22.4 Å². The molecule has 0 unspecified atom stereocenters. The second kappa shape index (κ2) is 6.12. The summed E-state index contributed by atoms with van der Waals surface area (Å²) in [6.45, 7) is 0.649. The fourth-order valence-corrected chi connectivity index (χ4v) is 2.41. The molecule has 5 heteroatoms. The lowest BCUT2D eigenvalue weighted by Crippen LogP contribution is -2.00. The normalized spacial score (nSPS) is 9.74. The van der Waals surface area contributed by atoms with Crippen LogP contribution < -0.4 is 14.8 Å². The Labute approximate surface area is 116 Å². The van der Waals surface area contributed by atoms with Crippen LogP contribution in [-0.2, 0) is 6.54 Å². The van der Waals surface area contributed by atoms with Crippen LogP contribution in [0.4, 0.5) is 5.69 Å². The maximum atomic E-state index is 8.79. The molecule has 19 heavy (non-hydrogen) atoms. The first kappa shape index (κ1) is 13.2. The molecule has 0 aliphatic carbocycles. The summed E-state index contributed by atoms with van der Waals surface area (Å²) in [5.41, 5.74) is 0.869. The Morgan fingerprint density at radius 1 is 1.21 bits per heavy atom. The van der Waals surface area contributed by atoms with E-state index in [9.17, 15) is 0 Å². The highest BCUT2D eigenvalue weighted by molar-refractivity contribution is 7.12. The van der Waals surface area contributed by atoms with Crippen molar-refractivity contribution in [2.75, 3.05) is 19.5 Å². The molecular formula is C14H14N2O2S. The van der Waals surface area contributed by atoms with Crippen molar-refractivity contribution in [1.82, 2.24) is 0 Å². The molecule has 0 radical (unpaired) electrons. The summed E-state index contributed by atoms with van der Waals surface area (Å²) >= 11 is 1.48. The minimum absolute atomic E-state index is 0.649. The maximum Gasteiger partial charge on any atom is 0.142 e. The van der Waals surface area contributed by atoms with Gasteiger partial charge in [-0.15, -0.1) is 11.3 Å².